The zero-order valence-corrected chi connectivity index (χ0v) is 7.59. The maximum absolute atomic E-state index is 4.05. The molecule has 0 bridgehead atoms. The van der Waals surface area contributed by atoms with Gasteiger partial charge in [0.1, 0.15) is 0 Å². The first kappa shape index (κ1) is 9.67. The van der Waals surface area contributed by atoms with E-state index in [0.717, 1.165) is 5.92 Å². The Bertz CT molecular complexity index is 94.9. The summed E-state index contributed by atoms with van der Waals surface area (Å²) in [6.07, 6.45) is 4.61. The fourth-order valence-electron chi connectivity index (χ4n) is 1.10. The first-order chi connectivity index (χ1) is 4.72. The second kappa shape index (κ2) is 5.45. The Balaban J connectivity index is 3.72. The molecule has 0 saturated heterocycles. The quantitative estimate of drug-likeness (QED) is 0.534. The van der Waals surface area contributed by atoms with E-state index in [9.17, 15) is 0 Å². The van der Waals surface area contributed by atoms with Crippen molar-refractivity contribution in [2.45, 2.75) is 33.6 Å². The first-order valence-corrected chi connectivity index (χ1v) is 4.14. The predicted molar refractivity (Wildman–Crippen MR) is 47.7 cm³/mol. The van der Waals surface area contributed by atoms with Crippen LogP contribution in [0.5, 0.6) is 0 Å². The summed E-state index contributed by atoms with van der Waals surface area (Å²) in [5.41, 5.74) is 0. The van der Waals surface area contributed by atoms with E-state index in [2.05, 4.69) is 32.0 Å². The third-order valence-corrected chi connectivity index (χ3v) is 1.82. The van der Waals surface area contributed by atoms with Gasteiger partial charge in [-0.15, -0.1) is 0 Å². The zero-order chi connectivity index (χ0) is 7.98. The van der Waals surface area contributed by atoms with E-state index in [1.54, 1.807) is 0 Å². The van der Waals surface area contributed by atoms with E-state index in [-0.39, 0.29) is 0 Å². The Labute approximate surface area is 64.6 Å². The molecule has 0 amide bonds. The van der Waals surface area contributed by atoms with Crippen LogP contribution in [0.4, 0.5) is 0 Å². The molecule has 1 unspecified atom stereocenters. The van der Waals surface area contributed by atoms with Crippen molar-refractivity contribution in [3.05, 3.63) is 0 Å². The van der Waals surface area contributed by atoms with E-state index >= 15 is 0 Å². The van der Waals surface area contributed by atoms with Gasteiger partial charge in [-0.2, -0.15) is 0 Å². The van der Waals surface area contributed by atoms with E-state index in [1.165, 1.54) is 12.8 Å². The van der Waals surface area contributed by atoms with Crippen molar-refractivity contribution in [3.8, 4) is 0 Å². The van der Waals surface area contributed by atoms with E-state index in [0.29, 0.717) is 5.92 Å². The van der Waals surface area contributed by atoms with E-state index in [4.69, 9.17) is 0 Å². The van der Waals surface area contributed by atoms with Crippen LogP contribution in [0.1, 0.15) is 33.6 Å². The summed E-state index contributed by atoms with van der Waals surface area (Å²) in [7, 11) is 1.85. The monoisotopic (exact) mass is 141 g/mol. The van der Waals surface area contributed by atoms with Crippen LogP contribution in [0, 0.1) is 11.8 Å². The van der Waals surface area contributed by atoms with Gasteiger partial charge in [-0.1, -0.05) is 27.2 Å². The normalized spacial score (nSPS) is 14.9. The minimum Gasteiger partial charge on any atom is -0.301 e. The lowest BCUT2D eigenvalue weighted by Gasteiger charge is -2.13. The Hall–Kier alpha value is -0.330. The van der Waals surface area contributed by atoms with Crippen molar-refractivity contribution in [2.24, 2.45) is 16.8 Å². The van der Waals surface area contributed by atoms with Gasteiger partial charge in [0.25, 0.3) is 0 Å². The van der Waals surface area contributed by atoms with Crippen LogP contribution in [0.15, 0.2) is 4.99 Å². The van der Waals surface area contributed by atoms with Crippen LogP contribution < -0.4 is 0 Å². The van der Waals surface area contributed by atoms with Crippen LogP contribution in [0.25, 0.3) is 0 Å². The largest absolute Gasteiger partial charge is 0.301 e. The molecule has 1 atom stereocenters. The zero-order valence-electron chi connectivity index (χ0n) is 7.59. The minimum absolute atomic E-state index is 0.690. The van der Waals surface area contributed by atoms with Crippen LogP contribution >= 0.6 is 0 Å². The number of hydrogen-bond donors (Lipinski definition) is 0. The van der Waals surface area contributed by atoms with Crippen molar-refractivity contribution < 1.29 is 0 Å². The molecule has 1 nitrogen and oxygen atoms in total. The molecule has 0 N–H and O–H groups in total. The molecule has 10 heavy (non-hydrogen) atoms. The van der Waals surface area contributed by atoms with Gasteiger partial charge in [0.15, 0.2) is 0 Å². The number of nitrogens with zero attached hydrogens (tertiary/aromatic N) is 1. The minimum atomic E-state index is 0.690. The molecular formula is C9H19N. The summed E-state index contributed by atoms with van der Waals surface area (Å²) < 4.78 is 0. The maximum Gasteiger partial charge on any atom is 0.0273 e. The fraction of sp³-hybridized carbons (Fsp3) is 0.889. The highest BCUT2D eigenvalue weighted by molar-refractivity contribution is 5.60. The van der Waals surface area contributed by atoms with Gasteiger partial charge in [0, 0.05) is 13.3 Å². The smallest absolute Gasteiger partial charge is 0.0273 e. The molecule has 0 aliphatic heterocycles. The lowest BCUT2D eigenvalue weighted by molar-refractivity contribution is 0.466. The maximum atomic E-state index is 4.05. The molecule has 0 aliphatic rings. The van der Waals surface area contributed by atoms with Gasteiger partial charge < -0.3 is 4.99 Å². The highest BCUT2D eigenvalue weighted by Crippen LogP contribution is 2.14. The molecule has 0 aliphatic carbocycles. The van der Waals surface area contributed by atoms with Crippen molar-refractivity contribution in [2.75, 3.05) is 7.05 Å². The van der Waals surface area contributed by atoms with Crippen LogP contribution in [0.2, 0.25) is 0 Å². The SMILES string of the molecule is CCCC(C=NC)C(C)C. The molecule has 0 heterocycles. The summed E-state index contributed by atoms with van der Waals surface area (Å²) in [4.78, 5) is 4.05. The molecule has 0 aromatic rings. The summed E-state index contributed by atoms with van der Waals surface area (Å²) in [6.45, 7) is 6.73. The van der Waals surface area contributed by atoms with E-state index < -0.39 is 0 Å². The molecule has 0 aromatic carbocycles. The number of hydrogen-bond acceptors (Lipinski definition) is 1. The topological polar surface area (TPSA) is 12.4 Å². The fourth-order valence-corrected chi connectivity index (χ4v) is 1.10. The second-order valence-electron chi connectivity index (χ2n) is 3.10. The summed E-state index contributed by atoms with van der Waals surface area (Å²) in [5, 5.41) is 0. The molecule has 0 aromatic heterocycles. The van der Waals surface area contributed by atoms with Crippen molar-refractivity contribution >= 4 is 6.21 Å². The van der Waals surface area contributed by atoms with Crippen LogP contribution in [-0.4, -0.2) is 13.3 Å². The number of rotatable bonds is 4. The second-order valence-corrected chi connectivity index (χ2v) is 3.10. The molecule has 0 fully saturated rings. The molecule has 60 valence electrons. The molecular weight excluding hydrogens is 122 g/mol. The van der Waals surface area contributed by atoms with Crippen LogP contribution in [-0.2, 0) is 0 Å². The highest BCUT2D eigenvalue weighted by Gasteiger charge is 2.07. The van der Waals surface area contributed by atoms with Crippen LogP contribution in [0.3, 0.4) is 0 Å². The molecule has 0 radical (unpaired) electrons. The van der Waals surface area contributed by atoms with Gasteiger partial charge in [-0.3, -0.25) is 0 Å². The predicted octanol–water partition coefficient (Wildman–Crippen LogP) is 2.76. The van der Waals surface area contributed by atoms with Gasteiger partial charge in [-0.05, 0) is 18.3 Å². The Morgan fingerprint density at radius 1 is 1.40 bits per heavy atom. The molecule has 0 spiro atoms. The summed E-state index contributed by atoms with van der Waals surface area (Å²) in [5.74, 6) is 1.43. The van der Waals surface area contributed by atoms with Gasteiger partial charge in [0.05, 0.1) is 0 Å². The Morgan fingerprint density at radius 3 is 2.30 bits per heavy atom. The third-order valence-electron chi connectivity index (χ3n) is 1.82. The average Bonchev–Trinajstić information content (AvgIpc) is 1.87. The molecule has 0 saturated carbocycles. The molecule has 0 rings (SSSR count). The number of aliphatic imine (C=N–C) groups is 1. The average molecular weight is 141 g/mol. The highest BCUT2D eigenvalue weighted by atomic mass is 14.6. The van der Waals surface area contributed by atoms with Gasteiger partial charge in [-0.25, -0.2) is 0 Å². The molecule has 1 heteroatoms. The first-order valence-electron chi connectivity index (χ1n) is 4.14. The Morgan fingerprint density at radius 2 is 2.00 bits per heavy atom. The van der Waals surface area contributed by atoms with Crippen molar-refractivity contribution in [1.82, 2.24) is 0 Å². The lowest BCUT2D eigenvalue weighted by atomic mass is 9.93. The van der Waals surface area contributed by atoms with Gasteiger partial charge >= 0.3 is 0 Å². The van der Waals surface area contributed by atoms with Gasteiger partial charge in [0.2, 0.25) is 0 Å². The standard InChI is InChI=1S/C9H19N/c1-5-6-9(7-10-4)8(2)3/h7-9H,5-6H2,1-4H3. The summed E-state index contributed by atoms with van der Waals surface area (Å²) in [6, 6.07) is 0. The summed E-state index contributed by atoms with van der Waals surface area (Å²) >= 11 is 0. The lowest BCUT2D eigenvalue weighted by Crippen LogP contribution is -2.09. The Kier molecular flexibility index (Phi) is 5.27. The van der Waals surface area contributed by atoms with E-state index in [1.807, 2.05) is 7.05 Å². The van der Waals surface area contributed by atoms with Crippen molar-refractivity contribution in [1.29, 1.82) is 0 Å². The van der Waals surface area contributed by atoms with Crippen molar-refractivity contribution in [3.63, 3.8) is 0 Å². The third kappa shape index (κ3) is 3.65.